The molecule has 0 bridgehead atoms. The van der Waals surface area contributed by atoms with Gasteiger partial charge in [0, 0.05) is 0 Å². The molecule has 1 amide bonds. The minimum atomic E-state index is -1.30. The quantitative estimate of drug-likeness (QED) is 0.298. The van der Waals surface area contributed by atoms with Crippen LogP contribution in [-0.2, 0) is 4.79 Å². The number of rotatable bonds is 6. The first-order valence-corrected chi connectivity index (χ1v) is 8.93. The third kappa shape index (κ3) is 5.10. The molecule has 7 heteroatoms. The number of hydrazone groups is 1. The lowest BCUT2D eigenvalue weighted by Crippen LogP contribution is -2.25. The molecular weight excluding hydrogens is 364 g/mol. The molecule has 0 saturated carbocycles. The summed E-state index contributed by atoms with van der Waals surface area (Å²) >= 11 is 1.30. The van der Waals surface area contributed by atoms with Gasteiger partial charge in [-0.25, -0.2) is 10.2 Å². The molecule has 0 spiro atoms. The van der Waals surface area contributed by atoms with Gasteiger partial charge in [-0.1, -0.05) is 48.5 Å². The first-order chi connectivity index (χ1) is 13.1. The predicted octanol–water partition coefficient (Wildman–Crippen LogP) is 3.15. The number of amides is 1. The van der Waals surface area contributed by atoms with Crippen LogP contribution in [0.3, 0.4) is 0 Å². The second-order valence-corrected chi connectivity index (χ2v) is 6.43. The highest BCUT2D eigenvalue weighted by Gasteiger charge is 2.16. The van der Waals surface area contributed by atoms with Gasteiger partial charge in [-0.2, -0.15) is 5.10 Å². The van der Waals surface area contributed by atoms with Gasteiger partial charge in [0.05, 0.1) is 6.21 Å². The smallest absolute Gasteiger partial charge is 0.353 e. The average Bonchev–Trinajstić information content (AvgIpc) is 3.23. The summed E-state index contributed by atoms with van der Waals surface area (Å²) in [6, 6.07) is 18.8. The van der Waals surface area contributed by atoms with E-state index in [1.165, 1.54) is 17.6 Å². The van der Waals surface area contributed by atoms with Crippen molar-refractivity contribution in [2.45, 2.75) is 6.10 Å². The van der Waals surface area contributed by atoms with Gasteiger partial charge in [0.15, 0.2) is 6.10 Å². The van der Waals surface area contributed by atoms with Gasteiger partial charge in [0.25, 0.3) is 5.91 Å². The van der Waals surface area contributed by atoms with Crippen molar-refractivity contribution in [1.29, 1.82) is 0 Å². The lowest BCUT2D eigenvalue weighted by Gasteiger charge is -2.08. The fourth-order valence-corrected chi connectivity index (χ4v) is 2.83. The molecule has 3 rings (SSSR count). The SMILES string of the molecule is O=C(Oc1cccc(/C=N\NC(=O)[C@H](O)c2ccccc2)c1)c1cccs1. The topological polar surface area (TPSA) is 88.0 Å². The first-order valence-electron chi connectivity index (χ1n) is 8.05. The number of hydrogen-bond donors (Lipinski definition) is 2. The molecule has 0 saturated heterocycles. The Bertz CT molecular complexity index is 940. The molecule has 0 aliphatic carbocycles. The Labute approximate surface area is 159 Å². The Hall–Kier alpha value is -3.29. The third-order valence-electron chi connectivity index (χ3n) is 3.54. The second kappa shape index (κ2) is 8.88. The van der Waals surface area contributed by atoms with Gasteiger partial charge in [0.1, 0.15) is 10.6 Å². The maximum absolute atomic E-state index is 12.0. The number of hydrogen-bond acceptors (Lipinski definition) is 6. The maximum Gasteiger partial charge on any atom is 0.353 e. The number of aliphatic hydroxyl groups excluding tert-OH is 1. The van der Waals surface area contributed by atoms with Crippen LogP contribution < -0.4 is 10.2 Å². The van der Waals surface area contributed by atoms with Crippen LogP contribution in [-0.4, -0.2) is 23.2 Å². The zero-order valence-corrected chi connectivity index (χ0v) is 14.9. The molecule has 0 radical (unpaired) electrons. The van der Waals surface area contributed by atoms with Gasteiger partial charge >= 0.3 is 5.97 Å². The van der Waals surface area contributed by atoms with Crippen LogP contribution in [0.5, 0.6) is 5.75 Å². The van der Waals surface area contributed by atoms with Crippen molar-refractivity contribution in [3.63, 3.8) is 0 Å². The Morgan fingerprint density at radius 3 is 2.63 bits per heavy atom. The Morgan fingerprint density at radius 2 is 1.89 bits per heavy atom. The van der Waals surface area contributed by atoms with Crippen molar-refractivity contribution < 1.29 is 19.4 Å². The minimum Gasteiger partial charge on any atom is -0.422 e. The van der Waals surface area contributed by atoms with E-state index in [-0.39, 0.29) is 0 Å². The van der Waals surface area contributed by atoms with Crippen LogP contribution in [0.2, 0.25) is 0 Å². The molecule has 2 N–H and O–H groups in total. The summed E-state index contributed by atoms with van der Waals surface area (Å²) in [5, 5.41) is 15.6. The highest BCUT2D eigenvalue weighted by atomic mass is 32.1. The van der Waals surface area contributed by atoms with Crippen molar-refractivity contribution >= 4 is 29.4 Å². The number of benzene rings is 2. The van der Waals surface area contributed by atoms with Gasteiger partial charge in [0.2, 0.25) is 0 Å². The Kier molecular flexibility index (Phi) is 6.09. The lowest BCUT2D eigenvalue weighted by atomic mass is 10.1. The number of esters is 1. The fraction of sp³-hybridized carbons (Fsp3) is 0.0500. The summed E-state index contributed by atoms with van der Waals surface area (Å²) in [5.41, 5.74) is 3.39. The zero-order valence-electron chi connectivity index (χ0n) is 14.1. The lowest BCUT2D eigenvalue weighted by molar-refractivity contribution is -0.129. The van der Waals surface area contributed by atoms with Crippen molar-refractivity contribution in [2.24, 2.45) is 5.10 Å². The molecule has 1 heterocycles. The number of carbonyl (C=O) groups excluding carboxylic acids is 2. The van der Waals surface area contributed by atoms with E-state index in [4.69, 9.17) is 4.74 Å². The average molecular weight is 380 g/mol. The zero-order chi connectivity index (χ0) is 19.1. The van der Waals surface area contributed by atoms with E-state index < -0.39 is 18.0 Å². The highest BCUT2D eigenvalue weighted by Crippen LogP contribution is 2.17. The third-order valence-corrected chi connectivity index (χ3v) is 4.39. The monoisotopic (exact) mass is 380 g/mol. The van der Waals surface area contributed by atoms with Gasteiger partial charge < -0.3 is 9.84 Å². The summed E-state index contributed by atoms with van der Waals surface area (Å²) in [7, 11) is 0. The van der Waals surface area contributed by atoms with E-state index >= 15 is 0 Å². The number of aliphatic hydroxyl groups is 1. The van der Waals surface area contributed by atoms with Crippen molar-refractivity contribution in [3.05, 3.63) is 88.1 Å². The van der Waals surface area contributed by atoms with Gasteiger partial charge in [-0.05, 0) is 34.7 Å². The van der Waals surface area contributed by atoms with Crippen LogP contribution >= 0.6 is 11.3 Å². The standard InChI is InChI=1S/C20H16N2O4S/c23-18(15-7-2-1-3-8-15)19(24)22-21-13-14-6-4-9-16(12-14)26-20(25)17-10-5-11-27-17/h1-13,18,23H,(H,22,24)/b21-13-/t18-/m1/s1. The van der Waals surface area contributed by atoms with E-state index in [1.54, 1.807) is 72.1 Å². The molecule has 6 nitrogen and oxygen atoms in total. The molecule has 136 valence electrons. The van der Waals surface area contributed by atoms with Crippen LogP contribution in [0, 0.1) is 0 Å². The number of nitrogens with zero attached hydrogens (tertiary/aromatic N) is 1. The van der Waals surface area contributed by atoms with E-state index in [2.05, 4.69) is 10.5 Å². The van der Waals surface area contributed by atoms with Crippen molar-refractivity contribution in [2.75, 3.05) is 0 Å². The number of nitrogens with one attached hydrogen (secondary N) is 1. The van der Waals surface area contributed by atoms with Crippen LogP contribution in [0.15, 0.2) is 77.2 Å². The summed E-state index contributed by atoms with van der Waals surface area (Å²) in [4.78, 5) is 24.4. The summed E-state index contributed by atoms with van der Waals surface area (Å²) in [6.45, 7) is 0. The Morgan fingerprint density at radius 1 is 1.07 bits per heavy atom. The molecule has 1 atom stereocenters. The number of ether oxygens (including phenoxy) is 1. The fourth-order valence-electron chi connectivity index (χ4n) is 2.23. The molecule has 3 aromatic rings. The minimum absolute atomic E-state index is 0.369. The van der Waals surface area contributed by atoms with Crippen LogP contribution in [0.1, 0.15) is 26.9 Å². The molecule has 27 heavy (non-hydrogen) atoms. The largest absolute Gasteiger partial charge is 0.422 e. The Balaban J connectivity index is 1.59. The second-order valence-electron chi connectivity index (χ2n) is 5.49. The van der Waals surface area contributed by atoms with Gasteiger partial charge in [-0.15, -0.1) is 11.3 Å². The predicted molar refractivity (Wildman–Crippen MR) is 103 cm³/mol. The first kappa shape index (κ1) is 18.5. The number of carbonyl (C=O) groups is 2. The highest BCUT2D eigenvalue weighted by molar-refractivity contribution is 7.12. The van der Waals surface area contributed by atoms with E-state index in [1.807, 2.05) is 0 Å². The maximum atomic E-state index is 12.0. The van der Waals surface area contributed by atoms with Crippen molar-refractivity contribution in [3.8, 4) is 5.75 Å². The summed E-state index contributed by atoms with van der Waals surface area (Å²) in [6.07, 6.45) is 0.0967. The number of thiophene rings is 1. The van der Waals surface area contributed by atoms with E-state index in [9.17, 15) is 14.7 Å². The summed E-state index contributed by atoms with van der Waals surface area (Å²) < 4.78 is 5.31. The molecule has 0 aliphatic rings. The normalized spacial score (nSPS) is 11.9. The molecular formula is C20H16N2O4S. The summed E-state index contributed by atoms with van der Waals surface area (Å²) in [5.74, 6) is -0.705. The van der Waals surface area contributed by atoms with E-state index in [0.29, 0.717) is 21.8 Å². The molecule has 0 aliphatic heterocycles. The van der Waals surface area contributed by atoms with Crippen molar-refractivity contribution in [1.82, 2.24) is 5.43 Å². The van der Waals surface area contributed by atoms with Crippen LogP contribution in [0.4, 0.5) is 0 Å². The molecule has 2 aromatic carbocycles. The molecule has 0 unspecified atom stereocenters. The molecule has 1 aromatic heterocycles. The van der Waals surface area contributed by atoms with Crippen LogP contribution in [0.25, 0.3) is 0 Å². The van der Waals surface area contributed by atoms with Gasteiger partial charge in [-0.3, -0.25) is 4.79 Å². The van der Waals surface area contributed by atoms with E-state index in [0.717, 1.165) is 0 Å². The molecule has 0 fully saturated rings.